The number of hydrogen-bond acceptors (Lipinski definition) is 2. The molecular weight excluding hydrogens is 232 g/mol. The molecule has 2 aliphatic rings. The van der Waals surface area contributed by atoms with Crippen LogP contribution in [0.3, 0.4) is 0 Å². The molecule has 1 aliphatic carbocycles. The summed E-state index contributed by atoms with van der Waals surface area (Å²) in [6.07, 6.45) is 2.79. The highest BCUT2D eigenvalue weighted by Gasteiger charge is 2.43. The maximum Gasteiger partial charge on any atom is 0.0535 e. The summed E-state index contributed by atoms with van der Waals surface area (Å²) in [5.41, 5.74) is 1.53. The molecule has 1 heterocycles. The van der Waals surface area contributed by atoms with Gasteiger partial charge in [0.1, 0.15) is 0 Å². The summed E-state index contributed by atoms with van der Waals surface area (Å²) in [4.78, 5) is 2.77. The summed E-state index contributed by atoms with van der Waals surface area (Å²) in [6.45, 7) is 9.32. The summed E-state index contributed by atoms with van der Waals surface area (Å²) in [7, 11) is 0. The van der Waals surface area contributed by atoms with E-state index in [1.54, 1.807) is 0 Å². The Labute approximate surface area is 117 Å². The maximum absolute atomic E-state index is 3.81. The smallest absolute Gasteiger partial charge is 0.0535 e. The summed E-state index contributed by atoms with van der Waals surface area (Å²) >= 11 is 0. The third-order valence-electron chi connectivity index (χ3n) is 4.82. The fraction of sp³-hybridized carbons (Fsp3) is 0.647. The number of nitrogens with zero attached hydrogens (tertiary/aromatic N) is 1. The number of hydrogen-bond donors (Lipinski definition) is 1. The van der Waals surface area contributed by atoms with Crippen LogP contribution < -0.4 is 5.32 Å². The summed E-state index contributed by atoms with van der Waals surface area (Å²) < 4.78 is 0. The lowest BCUT2D eigenvalue weighted by Gasteiger charge is -2.48. The Morgan fingerprint density at radius 1 is 1.21 bits per heavy atom. The van der Waals surface area contributed by atoms with Crippen molar-refractivity contribution in [2.45, 2.75) is 51.2 Å². The molecular formula is C17H26N2. The quantitative estimate of drug-likeness (QED) is 0.896. The van der Waals surface area contributed by atoms with Crippen molar-refractivity contribution in [2.75, 3.05) is 13.1 Å². The van der Waals surface area contributed by atoms with Crippen molar-refractivity contribution >= 4 is 0 Å². The Kier molecular flexibility index (Phi) is 3.40. The van der Waals surface area contributed by atoms with Crippen molar-refractivity contribution in [1.82, 2.24) is 10.2 Å². The van der Waals surface area contributed by atoms with Crippen molar-refractivity contribution in [1.29, 1.82) is 0 Å². The summed E-state index contributed by atoms with van der Waals surface area (Å²) in [5, 5.41) is 3.81. The van der Waals surface area contributed by atoms with E-state index in [-0.39, 0.29) is 5.54 Å². The van der Waals surface area contributed by atoms with Crippen LogP contribution in [0, 0.1) is 5.92 Å². The van der Waals surface area contributed by atoms with Gasteiger partial charge < -0.3 is 5.32 Å². The van der Waals surface area contributed by atoms with Crippen LogP contribution >= 0.6 is 0 Å². The van der Waals surface area contributed by atoms with Crippen LogP contribution in [0.1, 0.15) is 39.2 Å². The van der Waals surface area contributed by atoms with E-state index in [2.05, 4.69) is 61.3 Å². The lowest BCUT2D eigenvalue weighted by atomic mass is 9.86. The van der Waals surface area contributed by atoms with Gasteiger partial charge in [-0.15, -0.1) is 0 Å². The van der Waals surface area contributed by atoms with Gasteiger partial charge in [-0.2, -0.15) is 0 Å². The third kappa shape index (κ3) is 2.56. The summed E-state index contributed by atoms with van der Waals surface area (Å²) in [6, 6.07) is 12.5. The number of rotatable bonds is 3. The van der Waals surface area contributed by atoms with Gasteiger partial charge in [-0.05, 0) is 31.2 Å². The number of benzene rings is 1. The van der Waals surface area contributed by atoms with Gasteiger partial charge in [0.15, 0.2) is 0 Å². The second kappa shape index (κ2) is 4.92. The average Bonchev–Trinajstić information content (AvgIpc) is 3.23. The highest BCUT2D eigenvalue weighted by Crippen LogP contribution is 2.36. The van der Waals surface area contributed by atoms with Crippen LogP contribution in [-0.2, 0) is 5.54 Å². The van der Waals surface area contributed by atoms with Crippen molar-refractivity contribution in [3.8, 4) is 0 Å². The van der Waals surface area contributed by atoms with Gasteiger partial charge in [0.25, 0.3) is 0 Å². The van der Waals surface area contributed by atoms with Gasteiger partial charge in [-0.3, -0.25) is 4.90 Å². The van der Waals surface area contributed by atoms with Gasteiger partial charge in [-0.25, -0.2) is 0 Å². The van der Waals surface area contributed by atoms with Gasteiger partial charge in [0, 0.05) is 25.2 Å². The first-order valence-corrected chi connectivity index (χ1v) is 7.66. The number of nitrogens with one attached hydrogen (secondary N) is 1. The van der Waals surface area contributed by atoms with E-state index < -0.39 is 0 Å². The molecule has 2 nitrogen and oxygen atoms in total. The van der Waals surface area contributed by atoms with E-state index in [4.69, 9.17) is 0 Å². The maximum atomic E-state index is 3.81. The van der Waals surface area contributed by atoms with Gasteiger partial charge in [0.05, 0.1) is 5.54 Å². The average molecular weight is 258 g/mol. The molecule has 0 spiro atoms. The molecule has 1 aromatic carbocycles. The normalized spacial score (nSPS) is 32.7. The fourth-order valence-corrected chi connectivity index (χ4v) is 3.41. The largest absolute Gasteiger partial charge is 0.305 e. The fourth-order valence-electron chi connectivity index (χ4n) is 3.41. The molecule has 1 saturated heterocycles. The molecule has 3 rings (SSSR count). The molecule has 1 aromatic rings. The monoisotopic (exact) mass is 258 g/mol. The summed E-state index contributed by atoms with van der Waals surface area (Å²) in [5.74, 6) is 0.730. The molecule has 1 aliphatic heterocycles. The predicted octanol–water partition coefficient (Wildman–Crippen LogP) is 2.99. The second-order valence-electron chi connectivity index (χ2n) is 6.79. The minimum Gasteiger partial charge on any atom is -0.305 e. The molecule has 104 valence electrons. The zero-order valence-corrected chi connectivity index (χ0v) is 12.4. The van der Waals surface area contributed by atoms with Gasteiger partial charge >= 0.3 is 0 Å². The molecule has 0 aromatic heterocycles. The molecule has 0 amide bonds. The molecule has 1 N–H and O–H groups in total. The molecule has 19 heavy (non-hydrogen) atoms. The Hall–Kier alpha value is -0.860. The van der Waals surface area contributed by atoms with Gasteiger partial charge in [0.2, 0.25) is 0 Å². The first-order valence-electron chi connectivity index (χ1n) is 7.66. The van der Waals surface area contributed by atoms with E-state index in [1.807, 2.05) is 0 Å². The van der Waals surface area contributed by atoms with Crippen molar-refractivity contribution in [3.05, 3.63) is 35.9 Å². The van der Waals surface area contributed by atoms with Crippen LogP contribution in [0.15, 0.2) is 30.3 Å². The SMILES string of the molecule is CC(C)C1CNC(C)(c2ccccc2)CN1C1CC1. The van der Waals surface area contributed by atoms with Crippen LogP contribution in [0.25, 0.3) is 0 Å². The van der Waals surface area contributed by atoms with Crippen LogP contribution in [0.2, 0.25) is 0 Å². The van der Waals surface area contributed by atoms with Crippen LogP contribution in [0.5, 0.6) is 0 Å². The first-order chi connectivity index (χ1) is 9.10. The molecule has 2 heteroatoms. The molecule has 1 saturated carbocycles. The Morgan fingerprint density at radius 3 is 2.47 bits per heavy atom. The highest BCUT2D eigenvalue weighted by atomic mass is 15.3. The predicted molar refractivity (Wildman–Crippen MR) is 80.2 cm³/mol. The minimum atomic E-state index is 0.106. The second-order valence-corrected chi connectivity index (χ2v) is 6.79. The van der Waals surface area contributed by atoms with Gasteiger partial charge in [-0.1, -0.05) is 44.2 Å². The van der Waals surface area contributed by atoms with Crippen molar-refractivity contribution in [2.24, 2.45) is 5.92 Å². The van der Waals surface area contributed by atoms with Crippen LogP contribution in [-0.4, -0.2) is 30.1 Å². The Morgan fingerprint density at radius 2 is 1.89 bits per heavy atom. The van der Waals surface area contributed by atoms with E-state index in [9.17, 15) is 0 Å². The van der Waals surface area contributed by atoms with E-state index in [0.29, 0.717) is 6.04 Å². The topological polar surface area (TPSA) is 15.3 Å². The van der Waals surface area contributed by atoms with Crippen LogP contribution in [0.4, 0.5) is 0 Å². The first kappa shape index (κ1) is 13.1. The molecule has 0 bridgehead atoms. The Balaban J connectivity index is 1.82. The lowest BCUT2D eigenvalue weighted by Crippen LogP contribution is -2.63. The van der Waals surface area contributed by atoms with E-state index >= 15 is 0 Å². The van der Waals surface area contributed by atoms with Crippen molar-refractivity contribution in [3.63, 3.8) is 0 Å². The highest BCUT2D eigenvalue weighted by molar-refractivity contribution is 5.25. The zero-order chi connectivity index (χ0) is 13.5. The number of piperazine rings is 1. The van der Waals surface area contributed by atoms with E-state index in [0.717, 1.165) is 25.0 Å². The van der Waals surface area contributed by atoms with Crippen molar-refractivity contribution < 1.29 is 0 Å². The Bertz CT molecular complexity index is 424. The molecule has 2 fully saturated rings. The molecule has 2 unspecified atom stereocenters. The third-order valence-corrected chi connectivity index (χ3v) is 4.82. The zero-order valence-electron chi connectivity index (χ0n) is 12.4. The minimum absolute atomic E-state index is 0.106. The molecule has 0 radical (unpaired) electrons. The van der Waals surface area contributed by atoms with E-state index in [1.165, 1.54) is 18.4 Å². The molecule has 2 atom stereocenters. The lowest BCUT2D eigenvalue weighted by molar-refractivity contribution is 0.0539. The standard InChI is InChI=1S/C17H26N2/c1-13(2)16-11-18-17(3,12-19(16)15-9-10-15)14-7-5-4-6-8-14/h4-8,13,15-16,18H,9-12H2,1-3H3.